The van der Waals surface area contributed by atoms with Gasteiger partial charge in [0, 0.05) is 43.7 Å². The monoisotopic (exact) mass is 549 g/mol. The van der Waals surface area contributed by atoms with Crippen LogP contribution < -0.4 is 15.4 Å². The third-order valence-corrected chi connectivity index (χ3v) is 8.70. The molecule has 218 valence electrons. The number of carboxylic acids is 1. The summed E-state index contributed by atoms with van der Waals surface area (Å²) in [6.45, 7) is 11.2. The summed E-state index contributed by atoms with van der Waals surface area (Å²) in [5.74, 6) is -0.662. The second-order valence-corrected chi connectivity index (χ2v) is 12.3. The quantitative estimate of drug-likeness (QED) is 0.338. The molecule has 7 nitrogen and oxygen atoms in total. The molecular weight excluding hydrogens is 502 g/mol. The fourth-order valence-corrected chi connectivity index (χ4v) is 6.69. The van der Waals surface area contributed by atoms with Crippen LogP contribution in [0, 0.1) is 11.3 Å². The minimum Gasteiger partial charge on any atom is -0.493 e. The number of anilines is 1. The zero-order chi connectivity index (χ0) is 28.9. The maximum Gasteiger partial charge on any atom is 0.308 e. The molecule has 2 aliphatic rings. The number of nitrogens with zero attached hydrogens (tertiary/aromatic N) is 2. The maximum atomic E-state index is 14.0. The molecule has 1 fully saturated rings. The van der Waals surface area contributed by atoms with Crippen molar-refractivity contribution in [1.29, 1.82) is 0 Å². The summed E-state index contributed by atoms with van der Waals surface area (Å²) >= 11 is 0. The van der Waals surface area contributed by atoms with E-state index in [2.05, 4.69) is 38.7 Å². The topological polar surface area (TPSA) is 96.1 Å². The van der Waals surface area contributed by atoms with Crippen LogP contribution in [-0.4, -0.2) is 54.2 Å². The molecule has 4 rings (SSSR count). The first-order valence-corrected chi connectivity index (χ1v) is 15.0. The third-order valence-electron chi connectivity index (χ3n) is 8.70. The van der Waals surface area contributed by atoms with E-state index in [1.54, 1.807) is 0 Å². The number of hydrogen-bond donors (Lipinski definition) is 2. The normalized spacial score (nSPS) is 20.8. The molecule has 0 spiro atoms. The van der Waals surface area contributed by atoms with E-state index < -0.39 is 11.9 Å². The Kier molecular flexibility index (Phi) is 9.90. The van der Waals surface area contributed by atoms with Crippen LogP contribution in [0.5, 0.6) is 5.75 Å². The van der Waals surface area contributed by atoms with Crippen molar-refractivity contribution in [3.8, 4) is 5.75 Å². The summed E-state index contributed by atoms with van der Waals surface area (Å²) in [5, 5.41) is 10.6. The van der Waals surface area contributed by atoms with Crippen molar-refractivity contribution in [2.24, 2.45) is 17.1 Å². The Morgan fingerprint density at radius 1 is 1.15 bits per heavy atom. The number of carbonyl (C=O) groups excluding carboxylic acids is 1. The predicted molar refractivity (Wildman–Crippen MR) is 160 cm³/mol. The Morgan fingerprint density at radius 3 is 2.65 bits per heavy atom. The Bertz CT molecular complexity index is 1180. The lowest BCUT2D eigenvalue weighted by molar-refractivity contribution is -0.143. The van der Waals surface area contributed by atoms with Gasteiger partial charge in [-0.25, -0.2) is 0 Å². The number of fused-ring (bicyclic) bond motifs is 1. The molecule has 0 radical (unpaired) electrons. The lowest BCUT2D eigenvalue weighted by Crippen LogP contribution is -2.46. The van der Waals surface area contributed by atoms with Gasteiger partial charge in [-0.05, 0) is 59.6 Å². The molecule has 3 N–H and O–H groups in total. The lowest BCUT2D eigenvalue weighted by Gasteiger charge is -2.35. The van der Waals surface area contributed by atoms with Crippen LogP contribution in [0.15, 0.2) is 42.5 Å². The predicted octanol–water partition coefficient (Wildman–Crippen LogP) is 5.60. The number of likely N-dealkylation sites (tertiary alicyclic amines) is 1. The highest BCUT2D eigenvalue weighted by atomic mass is 16.5. The second kappa shape index (κ2) is 13.2. The number of hydrogen-bond acceptors (Lipinski definition) is 5. The fourth-order valence-electron chi connectivity index (χ4n) is 6.69. The number of aliphatic carboxylic acids is 1. The van der Waals surface area contributed by atoms with Crippen molar-refractivity contribution in [3.63, 3.8) is 0 Å². The van der Waals surface area contributed by atoms with E-state index >= 15 is 0 Å². The second-order valence-electron chi connectivity index (χ2n) is 12.3. The number of nitrogens with two attached hydrogens (primary N) is 1. The van der Waals surface area contributed by atoms with Gasteiger partial charge in [-0.15, -0.1) is 0 Å². The van der Waals surface area contributed by atoms with Crippen molar-refractivity contribution in [1.82, 2.24) is 4.90 Å². The number of carbonyl (C=O) groups is 2. The Morgan fingerprint density at radius 2 is 1.95 bits per heavy atom. The van der Waals surface area contributed by atoms with E-state index in [0.29, 0.717) is 26.2 Å². The van der Waals surface area contributed by atoms with Gasteiger partial charge in [-0.3, -0.25) is 14.5 Å². The molecule has 2 aromatic rings. The van der Waals surface area contributed by atoms with Gasteiger partial charge < -0.3 is 20.5 Å². The first-order valence-electron chi connectivity index (χ1n) is 15.0. The molecule has 2 aromatic carbocycles. The van der Waals surface area contributed by atoms with Crippen LogP contribution >= 0.6 is 0 Å². The van der Waals surface area contributed by atoms with E-state index in [0.717, 1.165) is 66.7 Å². The van der Waals surface area contributed by atoms with Gasteiger partial charge in [0.05, 0.1) is 19.1 Å². The highest BCUT2D eigenvalue weighted by molar-refractivity contribution is 5.95. The number of benzene rings is 2. The zero-order valence-electron chi connectivity index (χ0n) is 24.7. The van der Waals surface area contributed by atoms with Crippen molar-refractivity contribution in [2.75, 3.05) is 31.1 Å². The molecule has 0 aliphatic carbocycles. The molecule has 7 heteroatoms. The van der Waals surface area contributed by atoms with E-state index in [1.807, 2.05) is 41.3 Å². The van der Waals surface area contributed by atoms with Crippen molar-refractivity contribution < 1.29 is 19.4 Å². The first-order chi connectivity index (χ1) is 19.2. The van der Waals surface area contributed by atoms with Gasteiger partial charge in [0.25, 0.3) is 0 Å². The number of amides is 1. The van der Waals surface area contributed by atoms with Crippen LogP contribution in [0.3, 0.4) is 0 Å². The molecule has 1 unspecified atom stereocenters. The number of rotatable bonds is 13. The van der Waals surface area contributed by atoms with Crippen LogP contribution in [-0.2, 0) is 22.6 Å². The summed E-state index contributed by atoms with van der Waals surface area (Å²) < 4.78 is 5.71. The molecule has 0 aromatic heterocycles. The SMILES string of the molecule is CCCCN(C(=O)CN1C[C@H](c2ccc3c(c2)CCO3)C(C(=O)O)[C@@H]1CC(C)(C)CCC)c1cccc(CN)c1. The summed E-state index contributed by atoms with van der Waals surface area (Å²) in [4.78, 5) is 31.0. The van der Waals surface area contributed by atoms with E-state index in [1.165, 1.54) is 0 Å². The van der Waals surface area contributed by atoms with E-state index in [9.17, 15) is 14.7 Å². The smallest absolute Gasteiger partial charge is 0.308 e. The van der Waals surface area contributed by atoms with Crippen LogP contribution in [0.2, 0.25) is 0 Å². The fraction of sp³-hybridized carbons (Fsp3) is 0.576. The number of carboxylic acid groups (broad SMARTS) is 1. The Balaban J connectivity index is 1.67. The van der Waals surface area contributed by atoms with Gasteiger partial charge in [-0.2, -0.15) is 0 Å². The Hall–Kier alpha value is -2.90. The third kappa shape index (κ3) is 6.87. The summed E-state index contributed by atoms with van der Waals surface area (Å²) in [7, 11) is 0. The molecule has 0 bridgehead atoms. The maximum absolute atomic E-state index is 14.0. The van der Waals surface area contributed by atoms with E-state index in [-0.39, 0.29) is 29.8 Å². The minimum absolute atomic E-state index is 0.00746. The zero-order valence-corrected chi connectivity index (χ0v) is 24.7. The largest absolute Gasteiger partial charge is 0.493 e. The average molecular weight is 550 g/mol. The van der Waals surface area contributed by atoms with E-state index in [4.69, 9.17) is 10.5 Å². The molecule has 1 saturated heterocycles. The van der Waals surface area contributed by atoms with Gasteiger partial charge in [0.2, 0.25) is 5.91 Å². The molecule has 2 aliphatic heterocycles. The van der Waals surface area contributed by atoms with Crippen molar-refractivity contribution >= 4 is 17.6 Å². The number of unbranched alkanes of at least 4 members (excludes halogenated alkanes) is 1. The minimum atomic E-state index is -0.785. The Labute approximate surface area is 239 Å². The highest BCUT2D eigenvalue weighted by Crippen LogP contribution is 2.44. The van der Waals surface area contributed by atoms with Gasteiger partial charge in [0.1, 0.15) is 5.75 Å². The molecular formula is C33H47N3O4. The van der Waals surface area contributed by atoms with Gasteiger partial charge in [-0.1, -0.05) is 64.8 Å². The first kappa shape index (κ1) is 30.1. The van der Waals surface area contributed by atoms with Crippen molar-refractivity contribution in [2.45, 2.75) is 84.7 Å². The average Bonchev–Trinajstić information content (AvgIpc) is 3.53. The van der Waals surface area contributed by atoms with Crippen molar-refractivity contribution in [3.05, 3.63) is 59.2 Å². The highest BCUT2D eigenvalue weighted by Gasteiger charge is 2.48. The summed E-state index contributed by atoms with van der Waals surface area (Å²) in [6.07, 6.45) is 5.48. The van der Waals surface area contributed by atoms with Gasteiger partial charge in [0.15, 0.2) is 0 Å². The standard InChI is InChI=1S/C33H47N3O4/c1-5-7-15-36(26-10-8-9-23(17-26)20-34)30(37)22-35-21-27(24-11-12-29-25(18-24)13-16-40-29)31(32(38)39)28(35)19-33(3,4)14-6-2/h8-12,17-18,27-28,31H,5-7,13-16,19-22,34H2,1-4H3,(H,38,39)/t27-,28+,31?/m1/s1. The molecule has 0 saturated carbocycles. The van der Waals surface area contributed by atoms with Crippen LogP contribution in [0.1, 0.15) is 82.4 Å². The summed E-state index contributed by atoms with van der Waals surface area (Å²) in [5.41, 5.74) is 9.88. The molecule has 1 amide bonds. The molecule has 3 atom stereocenters. The molecule has 2 heterocycles. The van der Waals surface area contributed by atoms with Gasteiger partial charge >= 0.3 is 5.97 Å². The molecule has 40 heavy (non-hydrogen) atoms. The van der Waals surface area contributed by atoms with Crippen LogP contribution in [0.25, 0.3) is 0 Å². The van der Waals surface area contributed by atoms with Crippen LogP contribution in [0.4, 0.5) is 5.69 Å². The summed E-state index contributed by atoms with van der Waals surface area (Å²) in [6, 6.07) is 13.8. The lowest BCUT2D eigenvalue weighted by atomic mass is 9.76. The number of ether oxygens (including phenoxy) is 1.